The molecule has 0 saturated carbocycles. The minimum absolute atomic E-state index is 0.500. The monoisotopic (exact) mass is 247 g/mol. The number of nitrogens with one attached hydrogen (secondary N) is 1. The first-order valence-electron chi connectivity index (χ1n) is 6.63. The van der Waals surface area contributed by atoms with E-state index < -0.39 is 10.8 Å². The second-order valence-electron chi connectivity index (χ2n) is 4.79. The molecule has 0 aliphatic rings. The largest absolute Gasteiger partial charge is 0.314 e. The Balaban J connectivity index is 3.61. The van der Waals surface area contributed by atoms with E-state index in [9.17, 15) is 4.21 Å². The van der Waals surface area contributed by atoms with E-state index in [1.165, 1.54) is 25.7 Å². The van der Waals surface area contributed by atoms with Crippen LogP contribution in [-0.4, -0.2) is 28.8 Å². The molecule has 0 heterocycles. The van der Waals surface area contributed by atoms with E-state index in [1.807, 2.05) is 0 Å². The summed E-state index contributed by atoms with van der Waals surface area (Å²) in [5, 5.41) is 3.56. The summed E-state index contributed by atoms with van der Waals surface area (Å²) in [6.07, 6.45) is 8.04. The molecule has 16 heavy (non-hydrogen) atoms. The van der Waals surface area contributed by atoms with Crippen molar-refractivity contribution in [1.82, 2.24) is 5.32 Å². The molecule has 0 aliphatic heterocycles. The average Bonchev–Trinajstić information content (AvgIpc) is 2.26. The summed E-state index contributed by atoms with van der Waals surface area (Å²) in [5.74, 6) is 1.63. The standard InChI is InChI=1S/C13H29NOS/c1-5-7-8-13(6-2)11-14-12(3)9-10-16(4)15/h12-14H,5-11H2,1-4H3. The Labute approximate surface area is 104 Å². The summed E-state index contributed by atoms with van der Waals surface area (Å²) >= 11 is 0. The van der Waals surface area contributed by atoms with Crippen LogP contribution in [0.25, 0.3) is 0 Å². The Kier molecular flexibility index (Phi) is 10.3. The molecule has 3 unspecified atom stereocenters. The minimum atomic E-state index is -0.647. The van der Waals surface area contributed by atoms with Gasteiger partial charge in [-0.3, -0.25) is 4.21 Å². The van der Waals surface area contributed by atoms with Crippen molar-refractivity contribution in [1.29, 1.82) is 0 Å². The zero-order chi connectivity index (χ0) is 12.4. The molecule has 0 aromatic carbocycles. The topological polar surface area (TPSA) is 29.1 Å². The molecule has 0 radical (unpaired) electrons. The van der Waals surface area contributed by atoms with Crippen molar-refractivity contribution < 1.29 is 4.21 Å². The van der Waals surface area contributed by atoms with Gasteiger partial charge < -0.3 is 5.32 Å². The van der Waals surface area contributed by atoms with Crippen LogP contribution in [-0.2, 0) is 10.8 Å². The second kappa shape index (κ2) is 10.3. The predicted molar refractivity (Wildman–Crippen MR) is 74.3 cm³/mol. The molecule has 0 saturated heterocycles. The molecule has 0 aromatic heterocycles. The molecule has 2 nitrogen and oxygen atoms in total. The maximum atomic E-state index is 11.0. The Morgan fingerprint density at radius 2 is 1.94 bits per heavy atom. The van der Waals surface area contributed by atoms with E-state index in [-0.39, 0.29) is 0 Å². The fourth-order valence-electron chi connectivity index (χ4n) is 1.76. The molecule has 0 amide bonds. The summed E-state index contributed by atoms with van der Waals surface area (Å²) in [7, 11) is -0.647. The van der Waals surface area contributed by atoms with Gasteiger partial charge in [-0.2, -0.15) is 0 Å². The van der Waals surface area contributed by atoms with Gasteiger partial charge in [-0.1, -0.05) is 33.1 Å². The molecular weight excluding hydrogens is 218 g/mol. The van der Waals surface area contributed by atoms with Crippen LogP contribution in [0.2, 0.25) is 0 Å². The SMILES string of the molecule is CCCCC(CC)CNC(C)CCS(C)=O. The van der Waals surface area contributed by atoms with Gasteiger partial charge >= 0.3 is 0 Å². The molecule has 0 aliphatic carbocycles. The van der Waals surface area contributed by atoms with E-state index in [4.69, 9.17) is 0 Å². The number of hydrogen-bond acceptors (Lipinski definition) is 2. The van der Waals surface area contributed by atoms with Gasteiger partial charge in [0.1, 0.15) is 0 Å². The van der Waals surface area contributed by atoms with Crippen LogP contribution in [0.5, 0.6) is 0 Å². The molecule has 3 heteroatoms. The van der Waals surface area contributed by atoms with Gasteiger partial charge in [0, 0.05) is 28.9 Å². The van der Waals surface area contributed by atoms with Gasteiger partial charge in [0.05, 0.1) is 0 Å². The van der Waals surface area contributed by atoms with E-state index in [2.05, 4.69) is 26.1 Å². The highest BCUT2D eigenvalue weighted by molar-refractivity contribution is 7.84. The Morgan fingerprint density at radius 1 is 1.25 bits per heavy atom. The molecule has 0 bridgehead atoms. The smallest absolute Gasteiger partial charge is 0.0246 e. The van der Waals surface area contributed by atoms with Crippen molar-refractivity contribution in [2.75, 3.05) is 18.6 Å². The van der Waals surface area contributed by atoms with Crippen LogP contribution >= 0.6 is 0 Å². The Bertz CT molecular complexity index is 185. The van der Waals surface area contributed by atoms with Gasteiger partial charge in [0.15, 0.2) is 0 Å². The summed E-state index contributed by atoms with van der Waals surface area (Å²) in [4.78, 5) is 0. The molecule has 1 N–H and O–H groups in total. The quantitative estimate of drug-likeness (QED) is 0.643. The Morgan fingerprint density at radius 3 is 2.44 bits per heavy atom. The van der Waals surface area contributed by atoms with Crippen molar-refractivity contribution >= 4 is 10.8 Å². The predicted octanol–water partition coefficient (Wildman–Crippen LogP) is 2.95. The van der Waals surface area contributed by atoms with E-state index in [0.717, 1.165) is 24.6 Å². The van der Waals surface area contributed by atoms with Gasteiger partial charge in [-0.25, -0.2) is 0 Å². The van der Waals surface area contributed by atoms with E-state index >= 15 is 0 Å². The lowest BCUT2D eigenvalue weighted by Gasteiger charge is -2.19. The van der Waals surface area contributed by atoms with Gasteiger partial charge in [-0.05, 0) is 32.2 Å². The minimum Gasteiger partial charge on any atom is -0.314 e. The van der Waals surface area contributed by atoms with Crippen molar-refractivity contribution in [2.24, 2.45) is 5.92 Å². The third kappa shape index (κ3) is 9.34. The summed E-state index contributed by atoms with van der Waals surface area (Å²) in [6.45, 7) is 7.83. The van der Waals surface area contributed by atoms with Crippen molar-refractivity contribution in [3.63, 3.8) is 0 Å². The normalized spacial score (nSPS) is 17.0. The van der Waals surface area contributed by atoms with Crippen molar-refractivity contribution in [2.45, 2.75) is 58.9 Å². The third-order valence-electron chi connectivity index (χ3n) is 3.14. The summed E-state index contributed by atoms with van der Waals surface area (Å²) < 4.78 is 11.0. The van der Waals surface area contributed by atoms with Gasteiger partial charge in [-0.15, -0.1) is 0 Å². The van der Waals surface area contributed by atoms with Crippen LogP contribution < -0.4 is 5.32 Å². The number of hydrogen-bond donors (Lipinski definition) is 1. The highest BCUT2D eigenvalue weighted by Gasteiger charge is 2.08. The lowest BCUT2D eigenvalue weighted by Crippen LogP contribution is -2.32. The van der Waals surface area contributed by atoms with E-state index in [0.29, 0.717) is 6.04 Å². The highest BCUT2D eigenvalue weighted by atomic mass is 32.2. The zero-order valence-corrected chi connectivity index (χ0v) is 12.2. The van der Waals surface area contributed by atoms with E-state index in [1.54, 1.807) is 6.26 Å². The molecule has 3 atom stereocenters. The first-order valence-corrected chi connectivity index (χ1v) is 8.36. The molecule has 0 spiro atoms. The summed E-state index contributed by atoms with van der Waals surface area (Å²) in [5.41, 5.74) is 0. The molecule has 0 aromatic rings. The van der Waals surface area contributed by atoms with Crippen LogP contribution in [0, 0.1) is 5.92 Å². The molecule has 0 rings (SSSR count). The fraction of sp³-hybridized carbons (Fsp3) is 1.00. The zero-order valence-electron chi connectivity index (χ0n) is 11.4. The lowest BCUT2D eigenvalue weighted by atomic mass is 9.99. The first-order chi connectivity index (χ1) is 7.60. The van der Waals surface area contributed by atoms with Crippen LogP contribution in [0.3, 0.4) is 0 Å². The van der Waals surface area contributed by atoms with Gasteiger partial charge in [0.25, 0.3) is 0 Å². The lowest BCUT2D eigenvalue weighted by molar-refractivity contribution is 0.392. The van der Waals surface area contributed by atoms with Crippen LogP contribution in [0.15, 0.2) is 0 Å². The Hall–Kier alpha value is 0.110. The van der Waals surface area contributed by atoms with Crippen molar-refractivity contribution in [3.8, 4) is 0 Å². The number of unbranched alkanes of at least 4 members (excludes halogenated alkanes) is 1. The maximum absolute atomic E-state index is 11.0. The van der Waals surface area contributed by atoms with Crippen LogP contribution in [0.4, 0.5) is 0 Å². The molecule has 98 valence electrons. The first kappa shape index (κ1) is 16.1. The average molecular weight is 247 g/mol. The maximum Gasteiger partial charge on any atom is 0.0246 e. The number of rotatable bonds is 10. The second-order valence-corrected chi connectivity index (χ2v) is 6.35. The summed E-state index contributed by atoms with van der Waals surface area (Å²) in [6, 6.07) is 0.500. The molecule has 0 fully saturated rings. The van der Waals surface area contributed by atoms with Gasteiger partial charge in [0.2, 0.25) is 0 Å². The third-order valence-corrected chi connectivity index (χ3v) is 3.95. The fourth-order valence-corrected chi connectivity index (χ4v) is 2.44. The molecular formula is C13H29NOS. The highest BCUT2D eigenvalue weighted by Crippen LogP contribution is 2.11. The van der Waals surface area contributed by atoms with Crippen LogP contribution in [0.1, 0.15) is 52.9 Å². The van der Waals surface area contributed by atoms with Crippen molar-refractivity contribution in [3.05, 3.63) is 0 Å².